The number of aromatic nitrogens is 3. The SMILES string of the molecule is OC1CCN(C2COc3ccccc3C2Nc2ncnc3[nH]c(C(F)(F)F)cc23)CC1. The number of halogens is 3. The first kappa shape index (κ1) is 20.1. The Kier molecular flexibility index (Phi) is 4.98. The molecule has 164 valence electrons. The second-order valence-corrected chi connectivity index (χ2v) is 7.97. The number of rotatable bonds is 3. The molecule has 2 atom stereocenters. The van der Waals surface area contributed by atoms with E-state index < -0.39 is 11.9 Å². The van der Waals surface area contributed by atoms with E-state index in [1.165, 1.54) is 6.33 Å². The van der Waals surface area contributed by atoms with Gasteiger partial charge in [0.1, 0.15) is 35.8 Å². The summed E-state index contributed by atoms with van der Waals surface area (Å²) in [6.07, 6.45) is -2.20. The lowest BCUT2D eigenvalue weighted by Gasteiger charge is -2.43. The van der Waals surface area contributed by atoms with E-state index in [1.807, 2.05) is 24.3 Å². The Hall–Kier alpha value is -2.85. The summed E-state index contributed by atoms with van der Waals surface area (Å²) in [7, 11) is 0. The van der Waals surface area contributed by atoms with Crippen LogP contribution in [-0.4, -0.2) is 56.8 Å². The molecule has 1 aromatic carbocycles. The maximum absolute atomic E-state index is 13.2. The molecule has 2 aromatic heterocycles. The number of aromatic amines is 1. The van der Waals surface area contributed by atoms with E-state index in [0.717, 1.165) is 30.5 Å². The fourth-order valence-electron chi connectivity index (χ4n) is 4.41. The van der Waals surface area contributed by atoms with Crippen LogP contribution in [0.5, 0.6) is 5.75 Å². The van der Waals surface area contributed by atoms with Crippen LogP contribution in [0, 0.1) is 0 Å². The monoisotopic (exact) mass is 433 g/mol. The summed E-state index contributed by atoms with van der Waals surface area (Å²) in [5.41, 5.74) is 0.186. The van der Waals surface area contributed by atoms with Crippen LogP contribution < -0.4 is 10.1 Å². The molecule has 2 aliphatic rings. The number of para-hydroxylation sites is 1. The van der Waals surface area contributed by atoms with Gasteiger partial charge in [-0.3, -0.25) is 4.90 Å². The highest BCUT2D eigenvalue weighted by molar-refractivity contribution is 5.88. The molecule has 4 heterocycles. The Morgan fingerprint density at radius 1 is 1.16 bits per heavy atom. The number of benzene rings is 1. The molecule has 2 aliphatic heterocycles. The van der Waals surface area contributed by atoms with Gasteiger partial charge in [-0.15, -0.1) is 0 Å². The smallest absolute Gasteiger partial charge is 0.431 e. The van der Waals surface area contributed by atoms with E-state index >= 15 is 0 Å². The fourth-order valence-corrected chi connectivity index (χ4v) is 4.41. The highest BCUT2D eigenvalue weighted by Crippen LogP contribution is 2.39. The maximum atomic E-state index is 13.2. The fraction of sp³-hybridized carbons (Fsp3) is 0.429. The number of hydrogen-bond donors (Lipinski definition) is 3. The van der Waals surface area contributed by atoms with Crippen LogP contribution in [0.1, 0.15) is 30.1 Å². The van der Waals surface area contributed by atoms with Crippen molar-refractivity contribution in [3.63, 3.8) is 0 Å². The molecule has 0 radical (unpaired) electrons. The number of nitrogens with zero attached hydrogens (tertiary/aromatic N) is 3. The Labute approximate surface area is 176 Å². The van der Waals surface area contributed by atoms with Crippen molar-refractivity contribution < 1.29 is 23.0 Å². The number of likely N-dealkylation sites (tertiary alicyclic amines) is 1. The molecule has 31 heavy (non-hydrogen) atoms. The molecular formula is C21H22F3N5O2. The first-order valence-electron chi connectivity index (χ1n) is 10.2. The number of aliphatic hydroxyl groups is 1. The Morgan fingerprint density at radius 3 is 2.71 bits per heavy atom. The van der Waals surface area contributed by atoms with E-state index in [9.17, 15) is 18.3 Å². The van der Waals surface area contributed by atoms with Gasteiger partial charge in [-0.2, -0.15) is 13.2 Å². The second kappa shape index (κ2) is 7.69. The van der Waals surface area contributed by atoms with Crippen LogP contribution in [0.25, 0.3) is 11.0 Å². The van der Waals surface area contributed by atoms with Gasteiger partial charge in [0, 0.05) is 18.7 Å². The summed E-state index contributed by atoms with van der Waals surface area (Å²) >= 11 is 0. The van der Waals surface area contributed by atoms with Crippen LogP contribution in [0.4, 0.5) is 19.0 Å². The van der Waals surface area contributed by atoms with Crippen LogP contribution in [0.2, 0.25) is 0 Å². The number of alkyl halides is 3. The number of ether oxygens (including phenoxy) is 1. The van der Waals surface area contributed by atoms with Gasteiger partial charge in [0.05, 0.1) is 23.6 Å². The molecule has 5 rings (SSSR count). The quantitative estimate of drug-likeness (QED) is 0.588. The first-order chi connectivity index (χ1) is 14.9. The summed E-state index contributed by atoms with van der Waals surface area (Å²) in [5.74, 6) is 1.07. The summed E-state index contributed by atoms with van der Waals surface area (Å²) < 4.78 is 45.6. The molecule has 10 heteroatoms. The summed E-state index contributed by atoms with van der Waals surface area (Å²) in [5, 5.41) is 13.5. The topological polar surface area (TPSA) is 86.3 Å². The third-order valence-corrected chi connectivity index (χ3v) is 6.04. The minimum atomic E-state index is -4.50. The van der Waals surface area contributed by atoms with Gasteiger partial charge in [-0.25, -0.2) is 9.97 Å². The number of H-pyrrole nitrogens is 1. The van der Waals surface area contributed by atoms with Crippen LogP contribution in [0.15, 0.2) is 36.7 Å². The normalized spacial score (nSPS) is 22.8. The predicted molar refractivity (Wildman–Crippen MR) is 108 cm³/mol. The van der Waals surface area contributed by atoms with Gasteiger partial charge in [0.2, 0.25) is 0 Å². The zero-order chi connectivity index (χ0) is 21.6. The third kappa shape index (κ3) is 3.81. The van der Waals surface area contributed by atoms with Crippen molar-refractivity contribution in [1.29, 1.82) is 0 Å². The largest absolute Gasteiger partial charge is 0.491 e. The number of fused-ring (bicyclic) bond motifs is 2. The average molecular weight is 433 g/mol. The summed E-state index contributed by atoms with van der Waals surface area (Å²) in [6, 6.07) is 8.36. The van der Waals surface area contributed by atoms with E-state index in [4.69, 9.17) is 4.74 Å². The molecule has 2 unspecified atom stereocenters. The highest BCUT2D eigenvalue weighted by Gasteiger charge is 2.37. The summed E-state index contributed by atoms with van der Waals surface area (Å²) in [4.78, 5) is 12.8. The Morgan fingerprint density at radius 2 is 1.94 bits per heavy atom. The van der Waals surface area contributed by atoms with Crippen LogP contribution in [-0.2, 0) is 6.18 Å². The lowest BCUT2D eigenvalue weighted by atomic mass is 9.93. The van der Waals surface area contributed by atoms with E-state index in [1.54, 1.807) is 0 Å². The highest BCUT2D eigenvalue weighted by atomic mass is 19.4. The van der Waals surface area contributed by atoms with E-state index in [2.05, 4.69) is 25.2 Å². The number of piperidine rings is 1. The molecular weight excluding hydrogens is 411 g/mol. The summed E-state index contributed by atoms with van der Waals surface area (Å²) in [6.45, 7) is 1.87. The zero-order valence-electron chi connectivity index (χ0n) is 16.6. The maximum Gasteiger partial charge on any atom is 0.431 e. The molecule has 3 aromatic rings. The van der Waals surface area contributed by atoms with Crippen molar-refractivity contribution in [3.8, 4) is 5.75 Å². The molecule has 0 amide bonds. The van der Waals surface area contributed by atoms with Gasteiger partial charge >= 0.3 is 6.18 Å². The molecule has 3 N–H and O–H groups in total. The van der Waals surface area contributed by atoms with Gasteiger partial charge in [0.15, 0.2) is 0 Å². The predicted octanol–water partition coefficient (Wildman–Crippen LogP) is 3.35. The van der Waals surface area contributed by atoms with Gasteiger partial charge in [-0.05, 0) is 25.0 Å². The van der Waals surface area contributed by atoms with Crippen molar-refractivity contribution in [1.82, 2.24) is 19.9 Å². The molecule has 0 bridgehead atoms. The second-order valence-electron chi connectivity index (χ2n) is 7.97. The van der Waals surface area contributed by atoms with Gasteiger partial charge < -0.3 is 20.1 Å². The molecule has 7 nitrogen and oxygen atoms in total. The number of hydrogen-bond acceptors (Lipinski definition) is 6. The number of nitrogens with one attached hydrogen (secondary N) is 2. The number of anilines is 1. The minimum absolute atomic E-state index is 0.0616. The minimum Gasteiger partial charge on any atom is -0.491 e. The third-order valence-electron chi connectivity index (χ3n) is 6.04. The van der Waals surface area contributed by atoms with Crippen LogP contribution >= 0.6 is 0 Å². The van der Waals surface area contributed by atoms with Crippen molar-refractivity contribution in [2.75, 3.05) is 25.0 Å². The molecule has 0 spiro atoms. The van der Waals surface area contributed by atoms with Crippen LogP contribution in [0.3, 0.4) is 0 Å². The molecule has 0 saturated carbocycles. The molecule has 0 aliphatic carbocycles. The van der Waals surface area contributed by atoms with Crippen molar-refractivity contribution >= 4 is 16.9 Å². The lowest BCUT2D eigenvalue weighted by Crippen LogP contribution is -2.51. The van der Waals surface area contributed by atoms with E-state index in [0.29, 0.717) is 25.3 Å². The van der Waals surface area contributed by atoms with Gasteiger partial charge in [-0.1, -0.05) is 18.2 Å². The average Bonchev–Trinajstić information content (AvgIpc) is 3.21. The lowest BCUT2D eigenvalue weighted by molar-refractivity contribution is -0.140. The standard InChI is InChI=1S/C21H22F3N5O2/c22-21(23,24)17-9-14-19(27-17)25-11-26-20(14)28-18-13-3-1-2-4-16(13)31-10-15(18)29-7-5-12(30)6-8-29/h1-4,9,11-12,15,18,30H,5-8,10H2,(H2,25,26,27,28). The van der Waals surface area contributed by atoms with Crippen molar-refractivity contribution in [2.45, 2.75) is 37.2 Å². The molecule has 1 fully saturated rings. The van der Waals surface area contributed by atoms with E-state index in [-0.39, 0.29) is 29.2 Å². The Balaban J connectivity index is 1.52. The Bertz CT molecular complexity index is 1080. The van der Waals surface area contributed by atoms with Crippen molar-refractivity contribution in [2.24, 2.45) is 0 Å². The molecule has 1 saturated heterocycles. The van der Waals surface area contributed by atoms with Crippen molar-refractivity contribution in [3.05, 3.63) is 47.9 Å². The zero-order valence-corrected chi connectivity index (χ0v) is 16.6. The van der Waals surface area contributed by atoms with Gasteiger partial charge in [0.25, 0.3) is 0 Å². The number of aliphatic hydroxyl groups excluding tert-OH is 1. The first-order valence-corrected chi connectivity index (χ1v) is 10.2.